The molecule has 0 saturated carbocycles. The number of nitrogens with one attached hydrogen (secondary N) is 2. The van der Waals surface area contributed by atoms with Gasteiger partial charge in [-0.15, -0.1) is 0 Å². The molecule has 1 unspecified atom stereocenters. The monoisotopic (exact) mass is 316 g/mol. The largest absolute Gasteiger partial charge is 0.489 e. The van der Waals surface area contributed by atoms with Crippen LogP contribution in [0, 0.1) is 5.82 Å². The van der Waals surface area contributed by atoms with E-state index in [4.69, 9.17) is 4.74 Å². The number of hydrogen-bond donors (Lipinski definition) is 2. The van der Waals surface area contributed by atoms with E-state index in [0.717, 1.165) is 11.3 Å². The molecule has 0 aliphatic heterocycles. The minimum atomic E-state index is -0.353. The van der Waals surface area contributed by atoms with Gasteiger partial charge in [0.05, 0.1) is 0 Å². The van der Waals surface area contributed by atoms with Crippen LogP contribution >= 0.6 is 0 Å². The first-order chi connectivity index (χ1) is 11.0. The highest BCUT2D eigenvalue weighted by Gasteiger charge is 2.06. The Labute approximate surface area is 135 Å². The zero-order valence-corrected chi connectivity index (χ0v) is 13.3. The smallest absolute Gasteiger partial charge is 0.221 e. The third kappa shape index (κ3) is 5.71. The molecule has 0 aromatic heterocycles. The topological polar surface area (TPSA) is 50.4 Å². The van der Waals surface area contributed by atoms with Crippen LogP contribution in [0.25, 0.3) is 0 Å². The molecular formula is C18H21FN2O2. The number of ether oxygens (including phenoxy) is 1. The van der Waals surface area contributed by atoms with Gasteiger partial charge in [-0.1, -0.05) is 24.3 Å². The number of para-hydroxylation sites is 1. The molecule has 0 fully saturated rings. The first-order valence-corrected chi connectivity index (χ1v) is 7.52. The van der Waals surface area contributed by atoms with Crippen LogP contribution < -0.4 is 15.4 Å². The van der Waals surface area contributed by atoms with Crippen molar-refractivity contribution in [3.05, 3.63) is 59.9 Å². The summed E-state index contributed by atoms with van der Waals surface area (Å²) in [6.07, 6.45) is 0. The molecule has 4 nitrogen and oxygen atoms in total. The second-order valence-corrected chi connectivity index (χ2v) is 5.40. The van der Waals surface area contributed by atoms with Crippen molar-refractivity contribution in [1.82, 2.24) is 5.32 Å². The summed E-state index contributed by atoms with van der Waals surface area (Å²) in [4.78, 5) is 11.0. The summed E-state index contributed by atoms with van der Waals surface area (Å²) in [6, 6.07) is 14.1. The van der Waals surface area contributed by atoms with Crippen molar-refractivity contribution in [1.29, 1.82) is 0 Å². The number of rotatable bonds is 7. The molecule has 2 rings (SSSR count). The second-order valence-electron chi connectivity index (χ2n) is 5.40. The molecule has 0 saturated heterocycles. The molecule has 2 N–H and O–H groups in total. The molecule has 2 aromatic rings. The highest BCUT2D eigenvalue weighted by Crippen LogP contribution is 2.15. The van der Waals surface area contributed by atoms with Crippen molar-refractivity contribution in [2.75, 3.05) is 11.9 Å². The van der Waals surface area contributed by atoms with E-state index in [1.54, 1.807) is 18.2 Å². The van der Waals surface area contributed by atoms with Gasteiger partial charge in [-0.2, -0.15) is 0 Å². The van der Waals surface area contributed by atoms with Crippen LogP contribution in [0.1, 0.15) is 19.4 Å². The minimum Gasteiger partial charge on any atom is -0.489 e. The fourth-order valence-corrected chi connectivity index (χ4v) is 2.04. The number of halogens is 1. The van der Waals surface area contributed by atoms with Gasteiger partial charge in [-0.25, -0.2) is 4.39 Å². The maximum Gasteiger partial charge on any atom is 0.221 e. The summed E-state index contributed by atoms with van der Waals surface area (Å²) < 4.78 is 18.9. The third-order valence-electron chi connectivity index (χ3n) is 3.25. The maximum absolute atomic E-state index is 13.4. The Bertz CT molecular complexity index is 644. The number of carbonyl (C=O) groups excluding carboxylic acids is 1. The Balaban J connectivity index is 1.76. The van der Waals surface area contributed by atoms with E-state index >= 15 is 0 Å². The average Bonchev–Trinajstić information content (AvgIpc) is 2.53. The SMILES string of the molecule is CC(=O)Nc1ccc(CNC(C)COc2ccccc2F)cc1. The lowest BCUT2D eigenvalue weighted by atomic mass is 10.2. The van der Waals surface area contributed by atoms with Crippen LogP contribution in [-0.2, 0) is 11.3 Å². The van der Waals surface area contributed by atoms with Gasteiger partial charge in [0.15, 0.2) is 11.6 Å². The van der Waals surface area contributed by atoms with Crippen molar-refractivity contribution >= 4 is 11.6 Å². The fraction of sp³-hybridized carbons (Fsp3) is 0.278. The van der Waals surface area contributed by atoms with Crippen LogP contribution in [-0.4, -0.2) is 18.6 Å². The molecule has 5 heteroatoms. The number of hydrogen-bond acceptors (Lipinski definition) is 3. The number of carbonyl (C=O) groups is 1. The molecule has 1 atom stereocenters. The summed E-state index contributed by atoms with van der Waals surface area (Å²) in [5, 5.41) is 6.04. The van der Waals surface area contributed by atoms with E-state index in [-0.39, 0.29) is 23.5 Å². The molecule has 0 radical (unpaired) electrons. The third-order valence-corrected chi connectivity index (χ3v) is 3.25. The molecule has 1 amide bonds. The van der Waals surface area contributed by atoms with Gasteiger partial charge >= 0.3 is 0 Å². The van der Waals surface area contributed by atoms with Crippen molar-refractivity contribution in [3.8, 4) is 5.75 Å². The van der Waals surface area contributed by atoms with E-state index in [9.17, 15) is 9.18 Å². The molecule has 0 aliphatic rings. The van der Waals surface area contributed by atoms with Gasteiger partial charge in [0.1, 0.15) is 6.61 Å². The first kappa shape index (κ1) is 17.0. The second kappa shape index (κ2) is 8.29. The zero-order chi connectivity index (χ0) is 16.7. The number of anilines is 1. The Morgan fingerprint density at radius 1 is 1.17 bits per heavy atom. The predicted molar refractivity (Wildman–Crippen MR) is 88.9 cm³/mol. The molecular weight excluding hydrogens is 295 g/mol. The Kier molecular flexibility index (Phi) is 6.11. The molecule has 0 spiro atoms. The van der Waals surface area contributed by atoms with Gasteiger partial charge in [0.25, 0.3) is 0 Å². The van der Waals surface area contributed by atoms with E-state index in [1.807, 2.05) is 31.2 Å². The van der Waals surface area contributed by atoms with E-state index in [1.165, 1.54) is 13.0 Å². The van der Waals surface area contributed by atoms with Crippen LogP contribution in [0.2, 0.25) is 0 Å². The van der Waals surface area contributed by atoms with E-state index < -0.39 is 0 Å². The first-order valence-electron chi connectivity index (χ1n) is 7.52. The van der Waals surface area contributed by atoms with Gasteiger partial charge < -0.3 is 15.4 Å². The van der Waals surface area contributed by atoms with Crippen molar-refractivity contribution in [2.24, 2.45) is 0 Å². The van der Waals surface area contributed by atoms with Crippen LogP contribution in [0.3, 0.4) is 0 Å². The predicted octanol–water partition coefficient (Wildman–Crippen LogP) is 3.34. The summed E-state index contributed by atoms with van der Waals surface area (Å²) >= 11 is 0. The highest BCUT2D eigenvalue weighted by atomic mass is 19.1. The summed E-state index contributed by atoms with van der Waals surface area (Å²) in [5.41, 5.74) is 1.87. The maximum atomic E-state index is 13.4. The van der Waals surface area contributed by atoms with Crippen molar-refractivity contribution in [3.63, 3.8) is 0 Å². The fourth-order valence-electron chi connectivity index (χ4n) is 2.04. The molecule has 0 bridgehead atoms. The van der Waals surface area contributed by atoms with Crippen molar-refractivity contribution in [2.45, 2.75) is 26.4 Å². The van der Waals surface area contributed by atoms with Gasteiger partial charge in [0.2, 0.25) is 5.91 Å². The summed E-state index contributed by atoms with van der Waals surface area (Å²) in [7, 11) is 0. The molecule has 2 aromatic carbocycles. The summed E-state index contributed by atoms with van der Waals surface area (Å²) in [6.45, 7) is 4.51. The lowest BCUT2D eigenvalue weighted by molar-refractivity contribution is -0.114. The lowest BCUT2D eigenvalue weighted by Gasteiger charge is -2.15. The van der Waals surface area contributed by atoms with Gasteiger partial charge in [0, 0.05) is 25.2 Å². The Hall–Kier alpha value is -2.40. The van der Waals surface area contributed by atoms with Gasteiger partial charge in [-0.3, -0.25) is 4.79 Å². The number of benzene rings is 2. The lowest BCUT2D eigenvalue weighted by Crippen LogP contribution is -2.31. The standard InChI is InChI=1S/C18H21FN2O2/c1-13(12-23-18-6-4-3-5-17(18)19)20-11-15-7-9-16(10-8-15)21-14(2)22/h3-10,13,20H,11-12H2,1-2H3,(H,21,22). The van der Waals surface area contributed by atoms with Crippen LogP contribution in [0.5, 0.6) is 5.75 Å². The van der Waals surface area contributed by atoms with E-state index in [2.05, 4.69) is 10.6 Å². The van der Waals surface area contributed by atoms with Crippen molar-refractivity contribution < 1.29 is 13.9 Å². The average molecular weight is 316 g/mol. The van der Waals surface area contributed by atoms with Gasteiger partial charge in [-0.05, 0) is 36.8 Å². The highest BCUT2D eigenvalue weighted by molar-refractivity contribution is 5.88. The minimum absolute atomic E-state index is 0.0737. The Morgan fingerprint density at radius 2 is 1.87 bits per heavy atom. The van der Waals surface area contributed by atoms with E-state index in [0.29, 0.717) is 13.2 Å². The van der Waals surface area contributed by atoms with Crippen LogP contribution in [0.4, 0.5) is 10.1 Å². The normalized spacial score (nSPS) is 11.8. The number of amides is 1. The molecule has 0 heterocycles. The Morgan fingerprint density at radius 3 is 2.52 bits per heavy atom. The van der Waals surface area contributed by atoms with Crippen LogP contribution in [0.15, 0.2) is 48.5 Å². The zero-order valence-electron chi connectivity index (χ0n) is 13.3. The quantitative estimate of drug-likeness (QED) is 0.824. The molecule has 122 valence electrons. The summed E-state index contributed by atoms with van der Waals surface area (Å²) in [5.74, 6) is -0.177. The molecule has 0 aliphatic carbocycles. The molecule has 23 heavy (non-hydrogen) atoms.